The van der Waals surface area contributed by atoms with Gasteiger partial charge >= 0.3 is 17.9 Å². The molecule has 0 bridgehead atoms. The third-order valence-electron chi connectivity index (χ3n) is 8.95. The summed E-state index contributed by atoms with van der Waals surface area (Å²) in [4.78, 5) is 37.7. The Morgan fingerprint density at radius 3 is 1.16 bits per heavy atom. The van der Waals surface area contributed by atoms with Crippen molar-refractivity contribution in [2.45, 2.75) is 187 Å². The molecule has 0 saturated carbocycles. The maximum absolute atomic E-state index is 12.7. The minimum absolute atomic E-state index is 0.103. The fourth-order valence-corrected chi connectivity index (χ4v) is 5.55. The van der Waals surface area contributed by atoms with Crippen LogP contribution in [-0.2, 0) is 28.6 Å². The standard InChI is InChI=1S/C50H80O6/c1-4-7-10-13-16-19-22-23-24-25-26-27-29-31-34-37-40-43-49(52)55-46-47(45-54-48(51)42-39-36-33-30-21-18-15-12-9-6-3)56-50(53)44-41-38-35-32-28-20-17-14-11-8-5-2/h7,10,13-19,22-27,29,47H,4-6,8-9,11-12,20-21,28,30-46H2,1-3H3/b10-7-,16-13-,17-14-,18-15-,22-19-,24-23-,26-25+,29-27-. The zero-order chi connectivity index (χ0) is 40.8. The number of rotatable bonds is 38. The van der Waals surface area contributed by atoms with Crippen LogP contribution < -0.4 is 0 Å². The van der Waals surface area contributed by atoms with Crippen molar-refractivity contribution in [3.8, 4) is 0 Å². The van der Waals surface area contributed by atoms with Crippen LogP contribution in [0, 0.1) is 0 Å². The summed E-state index contributed by atoms with van der Waals surface area (Å²) >= 11 is 0. The summed E-state index contributed by atoms with van der Waals surface area (Å²) in [5, 5.41) is 0. The van der Waals surface area contributed by atoms with Gasteiger partial charge in [0.1, 0.15) is 13.2 Å². The molecule has 1 unspecified atom stereocenters. The molecule has 1 atom stereocenters. The normalized spacial score (nSPS) is 13.0. The van der Waals surface area contributed by atoms with Gasteiger partial charge in [-0.15, -0.1) is 0 Å². The third-order valence-corrected chi connectivity index (χ3v) is 8.95. The van der Waals surface area contributed by atoms with Crippen molar-refractivity contribution in [2.75, 3.05) is 13.2 Å². The lowest BCUT2D eigenvalue weighted by atomic mass is 10.1. The summed E-state index contributed by atoms with van der Waals surface area (Å²) in [6, 6.07) is 0. The van der Waals surface area contributed by atoms with Crippen LogP contribution in [0.5, 0.6) is 0 Å². The van der Waals surface area contributed by atoms with Crippen molar-refractivity contribution in [1.82, 2.24) is 0 Å². The zero-order valence-corrected chi connectivity index (χ0v) is 35.9. The summed E-state index contributed by atoms with van der Waals surface area (Å²) < 4.78 is 16.6. The molecule has 6 nitrogen and oxygen atoms in total. The second-order valence-corrected chi connectivity index (χ2v) is 14.4. The molecule has 0 N–H and O–H groups in total. The van der Waals surface area contributed by atoms with Crippen LogP contribution in [0.15, 0.2) is 97.2 Å². The van der Waals surface area contributed by atoms with Gasteiger partial charge in [0.2, 0.25) is 0 Å². The van der Waals surface area contributed by atoms with E-state index in [1.165, 1.54) is 38.5 Å². The number of esters is 3. The highest BCUT2D eigenvalue weighted by molar-refractivity contribution is 5.71. The third kappa shape index (κ3) is 41.5. The molecule has 0 rings (SSSR count). The van der Waals surface area contributed by atoms with Gasteiger partial charge in [0, 0.05) is 19.3 Å². The Hall–Kier alpha value is -3.67. The van der Waals surface area contributed by atoms with Crippen molar-refractivity contribution in [2.24, 2.45) is 0 Å². The maximum atomic E-state index is 12.7. The van der Waals surface area contributed by atoms with E-state index >= 15 is 0 Å². The molecule has 0 aromatic heterocycles. The van der Waals surface area contributed by atoms with Gasteiger partial charge in [-0.3, -0.25) is 14.4 Å². The molecule has 0 aromatic carbocycles. The molecule has 0 aliphatic rings. The predicted octanol–water partition coefficient (Wildman–Crippen LogP) is 14.2. The first-order valence-corrected chi connectivity index (χ1v) is 22.3. The molecule has 0 radical (unpaired) electrons. The van der Waals surface area contributed by atoms with Gasteiger partial charge in [0.15, 0.2) is 6.10 Å². The molecule has 316 valence electrons. The van der Waals surface area contributed by atoms with Gasteiger partial charge in [-0.05, 0) is 77.0 Å². The van der Waals surface area contributed by atoms with E-state index in [0.29, 0.717) is 19.3 Å². The van der Waals surface area contributed by atoms with Gasteiger partial charge in [-0.25, -0.2) is 0 Å². The average molecular weight is 777 g/mol. The highest BCUT2D eigenvalue weighted by Crippen LogP contribution is 2.12. The predicted molar refractivity (Wildman–Crippen MR) is 237 cm³/mol. The minimum Gasteiger partial charge on any atom is -0.462 e. The van der Waals surface area contributed by atoms with E-state index in [1.807, 2.05) is 60.8 Å². The second kappa shape index (κ2) is 44.0. The monoisotopic (exact) mass is 777 g/mol. The Labute approximate surface area is 343 Å². The largest absolute Gasteiger partial charge is 0.462 e. The second-order valence-electron chi connectivity index (χ2n) is 14.4. The van der Waals surface area contributed by atoms with Crippen molar-refractivity contribution >= 4 is 17.9 Å². The molecule has 0 saturated heterocycles. The van der Waals surface area contributed by atoms with E-state index < -0.39 is 6.10 Å². The van der Waals surface area contributed by atoms with Crippen LogP contribution in [0.25, 0.3) is 0 Å². The lowest BCUT2D eigenvalue weighted by Gasteiger charge is -2.18. The molecule has 0 aromatic rings. The summed E-state index contributed by atoms with van der Waals surface area (Å²) in [6.07, 6.45) is 56.7. The summed E-state index contributed by atoms with van der Waals surface area (Å²) in [6.45, 7) is 6.32. The lowest BCUT2D eigenvalue weighted by Crippen LogP contribution is -2.30. The first kappa shape index (κ1) is 52.3. The van der Waals surface area contributed by atoms with Crippen LogP contribution in [0.3, 0.4) is 0 Å². The molecule has 0 spiro atoms. The zero-order valence-electron chi connectivity index (χ0n) is 35.9. The first-order chi connectivity index (χ1) is 27.5. The van der Waals surface area contributed by atoms with Gasteiger partial charge in [-0.1, -0.05) is 182 Å². The average Bonchev–Trinajstić information content (AvgIpc) is 3.19. The Kier molecular flexibility index (Phi) is 41.2. The molecule has 0 fully saturated rings. The van der Waals surface area contributed by atoms with Crippen molar-refractivity contribution in [1.29, 1.82) is 0 Å². The minimum atomic E-state index is -0.803. The Morgan fingerprint density at radius 2 is 0.714 bits per heavy atom. The number of hydrogen-bond acceptors (Lipinski definition) is 6. The van der Waals surface area contributed by atoms with Gasteiger partial charge in [-0.2, -0.15) is 0 Å². The maximum Gasteiger partial charge on any atom is 0.306 e. The molecule has 56 heavy (non-hydrogen) atoms. The quantitative estimate of drug-likeness (QED) is 0.0204. The number of hydrogen-bond donors (Lipinski definition) is 0. The molecule has 0 heterocycles. The fraction of sp³-hybridized carbons (Fsp3) is 0.620. The summed E-state index contributed by atoms with van der Waals surface area (Å²) in [5.74, 6) is -0.983. The Morgan fingerprint density at radius 1 is 0.375 bits per heavy atom. The molecule has 0 aliphatic carbocycles. The summed E-state index contributed by atoms with van der Waals surface area (Å²) in [5.41, 5.74) is 0. The van der Waals surface area contributed by atoms with Gasteiger partial charge < -0.3 is 14.2 Å². The van der Waals surface area contributed by atoms with E-state index in [-0.39, 0.29) is 31.1 Å². The molecular weight excluding hydrogens is 697 g/mol. The Balaban J connectivity index is 4.50. The van der Waals surface area contributed by atoms with Crippen LogP contribution in [0.2, 0.25) is 0 Å². The van der Waals surface area contributed by atoms with Gasteiger partial charge in [0.25, 0.3) is 0 Å². The number of carbonyl (C=O) groups excluding carboxylic acids is 3. The van der Waals surface area contributed by atoms with E-state index in [9.17, 15) is 14.4 Å². The molecule has 0 aliphatic heterocycles. The van der Waals surface area contributed by atoms with E-state index in [0.717, 1.165) is 103 Å². The summed E-state index contributed by atoms with van der Waals surface area (Å²) in [7, 11) is 0. The first-order valence-electron chi connectivity index (χ1n) is 22.3. The van der Waals surface area contributed by atoms with E-state index in [2.05, 4.69) is 57.2 Å². The van der Waals surface area contributed by atoms with Gasteiger partial charge in [0.05, 0.1) is 0 Å². The van der Waals surface area contributed by atoms with Crippen LogP contribution >= 0.6 is 0 Å². The number of allylic oxidation sites excluding steroid dienone is 16. The van der Waals surface area contributed by atoms with E-state index in [1.54, 1.807) is 0 Å². The van der Waals surface area contributed by atoms with Crippen molar-refractivity contribution in [3.63, 3.8) is 0 Å². The highest BCUT2D eigenvalue weighted by Gasteiger charge is 2.19. The Bertz CT molecular complexity index is 1170. The van der Waals surface area contributed by atoms with Crippen LogP contribution in [0.1, 0.15) is 181 Å². The smallest absolute Gasteiger partial charge is 0.306 e. The SMILES string of the molecule is CC\C=C/C=C\C=C/C=C\C=C\C=C/CCCCCC(=O)OCC(COC(=O)CCCCCC/C=C\CCCC)OC(=O)CCCCCCC/C=C\CCCC. The fourth-order valence-electron chi connectivity index (χ4n) is 5.55. The molecular formula is C50H80O6. The molecule has 6 heteroatoms. The topological polar surface area (TPSA) is 78.9 Å². The van der Waals surface area contributed by atoms with Crippen molar-refractivity contribution in [3.05, 3.63) is 97.2 Å². The van der Waals surface area contributed by atoms with E-state index in [4.69, 9.17) is 14.2 Å². The van der Waals surface area contributed by atoms with Crippen molar-refractivity contribution < 1.29 is 28.6 Å². The van der Waals surface area contributed by atoms with Crippen LogP contribution in [0.4, 0.5) is 0 Å². The number of ether oxygens (including phenoxy) is 3. The molecule has 0 amide bonds. The number of carbonyl (C=O) groups is 3. The lowest BCUT2D eigenvalue weighted by molar-refractivity contribution is -0.167. The van der Waals surface area contributed by atoms with Crippen LogP contribution in [-0.4, -0.2) is 37.2 Å². The highest BCUT2D eigenvalue weighted by atomic mass is 16.6. The number of unbranched alkanes of at least 4 members (excludes halogenated alkanes) is 16.